The summed E-state index contributed by atoms with van der Waals surface area (Å²) in [6.07, 6.45) is 3.40. The lowest BCUT2D eigenvalue weighted by molar-refractivity contribution is -0.121. The van der Waals surface area contributed by atoms with Crippen LogP contribution in [0.15, 0.2) is 24.3 Å². The minimum absolute atomic E-state index is 0.0170. The molecule has 0 heterocycles. The van der Waals surface area contributed by atoms with Gasteiger partial charge in [-0.1, -0.05) is 12.1 Å². The van der Waals surface area contributed by atoms with Crippen molar-refractivity contribution in [1.29, 1.82) is 0 Å². The molecule has 1 saturated carbocycles. The molecule has 0 aliphatic heterocycles. The lowest BCUT2D eigenvalue weighted by Gasteiger charge is -2.19. The van der Waals surface area contributed by atoms with Crippen molar-refractivity contribution in [2.75, 3.05) is 19.9 Å². The molecule has 1 fully saturated rings. The normalized spacial score (nSPS) is 16.1. The Balaban J connectivity index is 1.92. The van der Waals surface area contributed by atoms with E-state index in [-0.39, 0.29) is 24.9 Å². The van der Waals surface area contributed by atoms with Gasteiger partial charge in [0, 0.05) is 13.0 Å². The van der Waals surface area contributed by atoms with Crippen LogP contribution in [0.1, 0.15) is 30.9 Å². The molecule has 0 unspecified atom stereocenters. The van der Waals surface area contributed by atoms with Crippen molar-refractivity contribution in [3.8, 4) is 5.75 Å². The van der Waals surface area contributed by atoms with E-state index in [1.54, 1.807) is 7.11 Å². The Labute approximate surface area is 131 Å². The molecular weight excluding hydrogens is 304 g/mol. The van der Waals surface area contributed by atoms with E-state index >= 15 is 0 Å². The fourth-order valence-electron chi connectivity index (χ4n) is 2.31. The van der Waals surface area contributed by atoms with Gasteiger partial charge in [0.2, 0.25) is 15.9 Å². The van der Waals surface area contributed by atoms with Crippen molar-refractivity contribution in [3.63, 3.8) is 0 Å². The van der Waals surface area contributed by atoms with Crippen molar-refractivity contribution in [3.05, 3.63) is 29.8 Å². The van der Waals surface area contributed by atoms with Crippen LogP contribution in [0, 0.1) is 5.92 Å². The number of amides is 1. The molecule has 7 heteroatoms. The minimum Gasteiger partial charge on any atom is -0.497 e. The molecule has 1 aliphatic carbocycles. The predicted molar refractivity (Wildman–Crippen MR) is 84.1 cm³/mol. The van der Waals surface area contributed by atoms with Gasteiger partial charge in [-0.05, 0) is 36.5 Å². The number of ether oxygens (including phenoxy) is 1. The Morgan fingerprint density at radius 3 is 2.45 bits per heavy atom. The maximum Gasteiger partial charge on any atom is 0.221 e. The number of rotatable bonds is 8. The van der Waals surface area contributed by atoms with Gasteiger partial charge in [-0.3, -0.25) is 4.79 Å². The highest BCUT2D eigenvalue weighted by Gasteiger charge is 2.33. The van der Waals surface area contributed by atoms with Gasteiger partial charge < -0.3 is 10.1 Å². The largest absolute Gasteiger partial charge is 0.497 e. The molecule has 0 spiro atoms. The maximum absolute atomic E-state index is 12.0. The van der Waals surface area contributed by atoms with Crippen molar-refractivity contribution in [2.45, 2.75) is 25.3 Å². The van der Waals surface area contributed by atoms with Crippen molar-refractivity contribution >= 4 is 15.9 Å². The topological polar surface area (TPSA) is 84.5 Å². The van der Waals surface area contributed by atoms with Crippen LogP contribution in [0.5, 0.6) is 5.75 Å². The van der Waals surface area contributed by atoms with Crippen LogP contribution in [0.2, 0.25) is 0 Å². The number of sulfonamides is 1. The molecule has 1 aromatic rings. The first kappa shape index (κ1) is 16.8. The predicted octanol–water partition coefficient (Wildman–Crippen LogP) is 1.20. The molecular formula is C15H22N2O4S. The van der Waals surface area contributed by atoms with Gasteiger partial charge in [-0.2, -0.15) is 0 Å². The second-order valence-electron chi connectivity index (χ2n) is 5.57. The molecule has 1 amide bonds. The van der Waals surface area contributed by atoms with Crippen LogP contribution >= 0.6 is 0 Å². The Hall–Kier alpha value is -1.60. The SMILES string of the molecule is COc1ccc([C@H](NC(=O)CCNS(C)(=O)=O)C2CC2)cc1. The minimum atomic E-state index is -3.26. The molecule has 1 aliphatic rings. The number of hydrogen-bond acceptors (Lipinski definition) is 4. The summed E-state index contributed by atoms with van der Waals surface area (Å²) >= 11 is 0. The van der Waals surface area contributed by atoms with Gasteiger partial charge in [0.05, 0.1) is 19.4 Å². The lowest BCUT2D eigenvalue weighted by Crippen LogP contribution is -2.33. The second kappa shape index (κ2) is 7.11. The number of methoxy groups -OCH3 is 1. The van der Waals surface area contributed by atoms with Crippen molar-refractivity contribution in [1.82, 2.24) is 10.0 Å². The summed E-state index contributed by atoms with van der Waals surface area (Å²) < 4.78 is 29.4. The molecule has 22 heavy (non-hydrogen) atoms. The summed E-state index contributed by atoms with van der Waals surface area (Å²) in [5.41, 5.74) is 1.05. The first-order valence-electron chi connectivity index (χ1n) is 7.27. The third-order valence-electron chi connectivity index (χ3n) is 3.60. The van der Waals surface area contributed by atoms with Crippen LogP contribution in [-0.2, 0) is 14.8 Å². The van der Waals surface area contributed by atoms with Crippen LogP contribution in [-0.4, -0.2) is 34.2 Å². The van der Waals surface area contributed by atoms with Crippen LogP contribution in [0.3, 0.4) is 0 Å². The van der Waals surface area contributed by atoms with Gasteiger partial charge in [0.25, 0.3) is 0 Å². The Morgan fingerprint density at radius 2 is 1.95 bits per heavy atom. The van der Waals surface area contributed by atoms with Gasteiger partial charge in [0.15, 0.2) is 0 Å². The maximum atomic E-state index is 12.0. The average Bonchev–Trinajstić information content (AvgIpc) is 3.28. The number of hydrogen-bond donors (Lipinski definition) is 2. The van der Waals surface area contributed by atoms with E-state index in [0.29, 0.717) is 5.92 Å². The molecule has 0 saturated heterocycles. The third kappa shape index (κ3) is 5.31. The summed E-state index contributed by atoms with van der Waals surface area (Å²) in [6, 6.07) is 7.65. The summed E-state index contributed by atoms with van der Waals surface area (Å²) in [7, 11) is -1.64. The smallest absolute Gasteiger partial charge is 0.221 e. The second-order valence-corrected chi connectivity index (χ2v) is 7.41. The van der Waals surface area contributed by atoms with E-state index in [9.17, 15) is 13.2 Å². The first-order valence-corrected chi connectivity index (χ1v) is 9.16. The van der Waals surface area contributed by atoms with E-state index in [0.717, 1.165) is 30.4 Å². The number of carbonyl (C=O) groups is 1. The van der Waals surface area contributed by atoms with E-state index in [2.05, 4.69) is 10.0 Å². The molecule has 0 bridgehead atoms. The van der Waals surface area contributed by atoms with Gasteiger partial charge in [0.1, 0.15) is 5.75 Å². The zero-order valence-corrected chi connectivity index (χ0v) is 13.7. The number of nitrogens with one attached hydrogen (secondary N) is 2. The summed E-state index contributed by atoms with van der Waals surface area (Å²) in [4.78, 5) is 12.0. The molecule has 6 nitrogen and oxygen atoms in total. The monoisotopic (exact) mass is 326 g/mol. The van der Waals surface area contributed by atoms with E-state index in [1.807, 2.05) is 24.3 Å². The zero-order chi connectivity index (χ0) is 16.2. The molecule has 0 radical (unpaired) electrons. The molecule has 0 aromatic heterocycles. The lowest BCUT2D eigenvalue weighted by atomic mass is 10.0. The Kier molecular flexibility index (Phi) is 5.42. The van der Waals surface area contributed by atoms with Gasteiger partial charge in [-0.25, -0.2) is 13.1 Å². The highest BCUT2D eigenvalue weighted by molar-refractivity contribution is 7.88. The van der Waals surface area contributed by atoms with Crippen LogP contribution in [0.25, 0.3) is 0 Å². The number of benzene rings is 1. The quantitative estimate of drug-likeness (QED) is 0.752. The highest BCUT2D eigenvalue weighted by Crippen LogP contribution is 2.41. The summed E-state index contributed by atoms with van der Waals surface area (Å²) in [5.74, 6) is 1.09. The van der Waals surface area contributed by atoms with Crippen LogP contribution in [0.4, 0.5) is 0 Å². The van der Waals surface area contributed by atoms with Crippen molar-refractivity contribution in [2.24, 2.45) is 5.92 Å². The van der Waals surface area contributed by atoms with E-state index < -0.39 is 10.0 Å². The van der Waals surface area contributed by atoms with E-state index in [1.165, 1.54) is 0 Å². The first-order chi connectivity index (χ1) is 10.4. The number of carbonyl (C=O) groups excluding carboxylic acids is 1. The third-order valence-corrected chi connectivity index (χ3v) is 4.33. The fraction of sp³-hybridized carbons (Fsp3) is 0.533. The van der Waals surface area contributed by atoms with Crippen LogP contribution < -0.4 is 14.8 Å². The zero-order valence-electron chi connectivity index (χ0n) is 12.8. The molecule has 1 atom stereocenters. The summed E-state index contributed by atoms with van der Waals surface area (Å²) in [6.45, 7) is 0.116. The van der Waals surface area contributed by atoms with Gasteiger partial charge in [-0.15, -0.1) is 0 Å². The average molecular weight is 326 g/mol. The van der Waals surface area contributed by atoms with E-state index in [4.69, 9.17) is 4.74 Å². The van der Waals surface area contributed by atoms with Gasteiger partial charge >= 0.3 is 0 Å². The molecule has 2 N–H and O–H groups in total. The Morgan fingerprint density at radius 1 is 1.32 bits per heavy atom. The molecule has 1 aromatic carbocycles. The highest BCUT2D eigenvalue weighted by atomic mass is 32.2. The summed E-state index contributed by atoms with van der Waals surface area (Å²) in [5, 5.41) is 3.00. The van der Waals surface area contributed by atoms with Crippen molar-refractivity contribution < 1.29 is 17.9 Å². The Bertz CT molecular complexity index is 609. The molecule has 122 valence electrons. The standard InChI is InChI=1S/C15H22N2O4S/c1-21-13-7-5-12(6-8-13)15(11-3-4-11)17-14(18)9-10-16-22(2,19)20/h5-8,11,15-16H,3-4,9-10H2,1-2H3,(H,17,18)/t15-/m1/s1. The molecule has 2 rings (SSSR count). The fourth-order valence-corrected chi connectivity index (χ4v) is 2.78.